The molecule has 1 unspecified atom stereocenters. The van der Waals surface area contributed by atoms with Crippen molar-refractivity contribution in [3.05, 3.63) is 0 Å². The maximum Gasteiger partial charge on any atom is 0.311 e. The molecule has 2 fully saturated rings. The molecule has 5 nitrogen and oxygen atoms in total. The van der Waals surface area contributed by atoms with Crippen molar-refractivity contribution in [2.45, 2.75) is 38.2 Å². The Bertz CT molecular complexity index is 327. The Hall–Kier alpha value is -0.650. The number of likely N-dealkylation sites (tertiary alicyclic amines) is 1. The minimum atomic E-state index is -0.680. The number of nitrogens with zero attached hydrogens (tertiary/aromatic N) is 1. The van der Waals surface area contributed by atoms with Gasteiger partial charge < -0.3 is 14.6 Å². The zero-order valence-electron chi connectivity index (χ0n) is 12.0. The van der Waals surface area contributed by atoms with Crippen LogP contribution in [0.5, 0.6) is 0 Å². The number of aliphatic carboxylic acids is 1. The minimum absolute atomic E-state index is 0.136. The van der Waals surface area contributed by atoms with E-state index in [9.17, 15) is 9.90 Å². The van der Waals surface area contributed by atoms with Crippen LogP contribution in [0.15, 0.2) is 0 Å². The van der Waals surface area contributed by atoms with Gasteiger partial charge in [-0.25, -0.2) is 0 Å². The molecule has 0 saturated carbocycles. The summed E-state index contributed by atoms with van der Waals surface area (Å²) in [6.07, 6.45) is 3.34. The van der Waals surface area contributed by atoms with Crippen molar-refractivity contribution >= 4 is 5.97 Å². The molecule has 0 bridgehead atoms. The summed E-state index contributed by atoms with van der Waals surface area (Å²) in [5, 5.41) is 9.59. The predicted octanol–water partition coefficient (Wildman–Crippen LogP) is 1.37. The van der Waals surface area contributed by atoms with Crippen molar-refractivity contribution in [3.8, 4) is 0 Å². The first-order valence-corrected chi connectivity index (χ1v) is 7.08. The third-order valence-electron chi connectivity index (χ3n) is 4.66. The van der Waals surface area contributed by atoms with Crippen LogP contribution in [0.4, 0.5) is 0 Å². The lowest BCUT2D eigenvalue weighted by molar-refractivity contribution is -0.158. The van der Waals surface area contributed by atoms with Gasteiger partial charge in [0.2, 0.25) is 0 Å². The van der Waals surface area contributed by atoms with Crippen LogP contribution in [-0.4, -0.2) is 61.5 Å². The van der Waals surface area contributed by atoms with Crippen LogP contribution in [0.2, 0.25) is 0 Å². The van der Waals surface area contributed by atoms with E-state index in [4.69, 9.17) is 9.47 Å². The normalized spacial score (nSPS) is 32.1. The molecule has 0 aromatic carbocycles. The standard InChI is InChI=1S/C14H25NO4/c1-13(18-2)4-3-7-15(10-13)11-14(12(16)17)5-8-19-9-6-14/h3-11H2,1-2H3,(H,16,17). The van der Waals surface area contributed by atoms with Gasteiger partial charge in [-0.1, -0.05) is 0 Å². The fourth-order valence-electron chi connectivity index (χ4n) is 3.24. The Balaban J connectivity index is 2.03. The summed E-state index contributed by atoms with van der Waals surface area (Å²) >= 11 is 0. The van der Waals surface area contributed by atoms with Crippen LogP contribution in [0.3, 0.4) is 0 Å². The van der Waals surface area contributed by atoms with E-state index in [2.05, 4.69) is 11.8 Å². The highest BCUT2D eigenvalue weighted by Gasteiger charge is 2.43. The zero-order valence-corrected chi connectivity index (χ0v) is 12.0. The molecule has 2 aliphatic rings. The maximum atomic E-state index is 11.7. The summed E-state index contributed by atoms with van der Waals surface area (Å²) in [6, 6.07) is 0. The van der Waals surface area contributed by atoms with Crippen molar-refractivity contribution < 1.29 is 19.4 Å². The SMILES string of the molecule is COC1(C)CCCN(CC2(C(=O)O)CCOCC2)C1. The van der Waals surface area contributed by atoms with Crippen molar-refractivity contribution in [1.29, 1.82) is 0 Å². The molecule has 2 heterocycles. The van der Waals surface area contributed by atoms with Gasteiger partial charge >= 0.3 is 5.97 Å². The van der Waals surface area contributed by atoms with E-state index in [1.807, 2.05) is 0 Å². The van der Waals surface area contributed by atoms with Gasteiger partial charge in [0.05, 0.1) is 11.0 Å². The molecule has 0 aliphatic carbocycles. The first-order valence-electron chi connectivity index (χ1n) is 7.08. The van der Waals surface area contributed by atoms with Crippen LogP contribution >= 0.6 is 0 Å². The molecule has 0 radical (unpaired) electrons. The summed E-state index contributed by atoms with van der Waals surface area (Å²) in [6.45, 7) is 5.62. The van der Waals surface area contributed by atoms with Crippen LogP contribution in [-0.2, 0) is 14.3 Å². The number of hydrogen-bond donors (Lipinski definition) is 1. The highest BCUT2D eigenvalue weighted by Crippen LogP contribution is 2.34. The van der Waals surface area contributed by atoms with E-state index in [-0.39, 0.29) is 5.60 Å². The number of carbonyl (C=O) groups is 1. The van der Waals surface area contributed by atoms with E-state index in [1.165, 1.54) is 0 Å². The highest BCUT2D eigenvalue weighted by molar-refractivity contribution is 5.75. The van der Waals surface area contributed by atoms with Gasteiger partial charge in [-0.3, -0.25) is 9.69 Å². The molecule has 0 amide bonds. The van der Waals surface area contributed by atoms with E-state index in [0.717, 1.165) is 25.9 Å². The zero-order chi connectivity index (χ0) is 13.9. The summed E-state index contributed by atoms with van der Waals surface area (Å²) in [4.78, 5) is 13.9. The van der Waals surface area contributed by atoms with Gasteiger partial charge in [-0.05, 0) is 39.2 Å². The second kappa shape index (κ2) is 5.77. The maximum absolute atomic E-state index is 11.7. The lowest BCUT2D eigenvalue weighted by Crippen LogP contribution is -2.53. The molecule has 0 aromatic heterocycles. The smallest absolute Gasteiger partial charge is 0.311 e. The van der Waals surface area contributed by atoms with Crippen LogP contribution < -0.4 is 0 Å². The number of piperidine rings is 1. The lowest BCUT2D eigenvalue weighted by atomic mass is 9.79. The van der Waals surface area contributed by atoms with Gasteiger partial charge in [0.1, 0.15) is 0 Å². The van der Waals surface area contributed by atoms with Gasteiger partial charge in [-0.15, -0.1) is 0 Å². The number of methoxy groups -OCH3 is 1. The predicted molar refractivity (Wildman–Crippen MR) is 71.2 cm³/mol. The van der Waals surface area contributed by atoms with E-state index in [0.29, 0.717) is 32.6 Å². The molecule has 19 heavy (non-hydrogen) atoms. The largest absolute Gasteiger partial charge is 0.481 e. The second-order valence-corrected chi connectivity index (χ2v) is 6.17. The highest BCUT2D eigenvalue weighted by atomic mass is 16.5. The van der Waals surface area contributed by atoms with Crippen molar-refractivity contribution in [3.63, 3.8) is 0 Å². The van der Waals surface area contributed by atoms with Crippen molar-refractivity contribution in [1.82, 2.24) is 4.90 Å². The molecular weight excluding hydrogens is 246 g/mol. The average molecular weight is 271 g/mol. The van der Waals surface area contributed by atoms with E-state index < -0.39 is 11.4 Å². The first-order chi connectivity index (χ1) is 9.00. The van der Waals surface area contributed by atoms with Crippen molar-refractivity contribution in [2.24, 2.45) is 5.41 Å². The molecule has 1 atom stereocenters. The number of ether oxygens (including phenoxy) is 2. The molecule has 2 aliphatic heterocycles. The second-order valence-electron chi connectivity index (χ2n) is 6.17. The number of carboxylic acid groups (broad SMARTS) is 1. The summed E-state index contributed by atoms with van der Waals surface area (Å²) in [7, 11) is 1.74. The first kappa shape index (κ1) is 14.8. The molecule has 2 rings (SSSR count). The summed E-state index contributed by atoms with van der Waals surface area (Å²) < 4.78 is 10.9. The Morgan fingerprint density at radius 2 is 2.05 bits per heavy atom. The van der Waals surface area contributed by atoms with Crippen molar-refractivity contribution in [2.75, 3.05) is 40.0 Å². The van der Waals surface area contributed by atoms with Crippen LogP contribution in [0.25, 0.3) is 0 Å². The summed E-state index contributed by atoms with van der Waals surface area (Å²) in [5.41, 5.74) is -0.770. The van der Waals surface area contributed by atoms with E-state index >= 15 is 0 Å². The quantitative estimate of drug-likeness (QED) is 0.837. The number of carboxylic acids is 1. The lowest BCUT2D eigenvalue weighted by Gasteiger charge is -2.44. The van der Waals surface area contributed by atoms with Crippen LogP contribution in [0, 0.1) is 5.41 Å². The number of hydrogen-bond acceptors (Lipinski definition) is 4. The minimum Gasteiger partial charge on any atom is -0.481 e. The Labute approximate surface area is 114 Å². The van der Waals surface area contributed by atoms with Gasteiger partial charge in [0, 0.05) is 33.4 Å². The fraction of sp³-hybridized carbons (Fsp3) is 0.929. The van der Waals surface area contributed by atoms with Gasteiger partial charge in [-0.2, -0.15) is 0 Å². The molecular formula is C14H25NO4. The van der Waals surface area contributed by atoms with Gasteiger partial charge in [0.25, 0.3) is 0 Å². The van der Waals surface area contributed by atoms with E-state index in [1.54, 1.807) is 7.11 Å². The number of rotatable bonds is 4. The molecule has 110 valence electrons. The van der Waals surface area contributed by atoms with Gasteiger partial charge in [0.15, 0.2) is 0 Å². The third-order valence-corrected chi connectivity index (χ3v) is 4.66. The molecule has 2 saturated heterocycles. The summed E-state index contributed by atoms with van der Waals surface area (Å²) in [5.74, 6) is -0.680. The van der Waals surface area contributed by atoms with Crippen LogP contribution in [0.1, 0.15) is 32.6 Å². The Morgan fingerprint density at radius 1 is 1.37 bits per heavy atom. The third kappa shape index (κ3) is 3.27. The molecule has 1 N–H and O–H groups in total. The average Bonchev–Trinajstić information content (AvgIpc) is 2.40. The monoisotopic (exact) mass is 271 g/mol. The molecule has 5 heteroatoms. The topological polar surface area (TPSA) is 59.0 Å². The molecule has 0 aromatic rings. The fourth-order valence-corrected chi connectivity index (χ4v) is 3.24. The Morgan fingerprint density at radius 3 is 2.63 bits per heavy atom. The molecule has 0 spiro atoms. The Kier molecular flexibility index (Phi) is 4.48.